The van der Waals surface area contributed by atoms with Crippen LogP contribution in [-0.2, 0) is 6.42 Å². The second kappa shape index (κ2) is 6.29. The summed E-state index contributed by atoms with van der Waals surface area (Å²) in [4.78, 5) is 12.7. The van der Waals surface area contributed by atoms with Crippen molar-refractivity contribution in [2.24, 2.45) is 0 Å². The van der Waals surface area contributed by atoms with E-state index in [1.54, 1.807) is 0 Å². The first-order chi connectivity index (χ1) is 7.72. The Bertz CT molecular complexity index is 392. The van der Waals surface area contributed by atoms with Crippen LogP contribution in [0.25, 0.3) is 0 Å². The van der Waals surface area contributed by atoms with Crippen LogP contribution in [-0.4, -0.2) is 11.9 Å². The fourth-order valence-corrected chi connectivity index (χ4v) is 2.37. The minimum Gasteiger partial charge on any atom is -0.348 e. The number of hydrogen-bond donors (Lipinski definition) is 1. The summed E-state index contributed by atoms with van der Waals surface area (Å²) in [7, 11) is 0. The molecule has 0 saturated carbocycles. The molecule has 0 aliphatic rings. The highest BCUT2D eigenvalue weighted by Crippen LogP contribution is 2.17. The van der Waals surface area contributed by atoms with Gasteiger partial charge in [0.2, 0.25) is 0 Å². The summed E-state index contributed by atoms with van der Waals surface area (Å²) in [6.45, 7) is 4.00. The third kappa shape index (κ3) is 3.07. The molecule has 1 amide bonds. The molecule has 0 fully saturated rings. The lowest BCUT2D eigenvalue weighted by Crippen LogP contribution is -2.34. The van der Waals surface area contributed by atoms with Crippen molar-refractivity contribution in [3.05, 3.63) is 21.9 Å². The maximum absolute atomic E-state index is 11.9. The molecule has 0 aliphatic carbocycles. The summed E-state index contributed by atoms with van der Waals surface area (Å²) >= 11 is 1.46. The quantitative estimate of drug-likeness (QED) is 0.854. The van der Waals surface area contributed by atoms with Crippen LogP contribution in [0.5, 0.6) is 0 Å². The number of aryl methyl sites for hydroxylation is 1. The van der Waals surface area contributed by atoms with Gasteiger partial charge in [-0.05, 0) is 29.9 Å². The normalized spacial score (nSPS) is 11.8. The zero-order valence-corrected chi connectivity index (χ0v) is 10.4. The Morgan fingerprint density at radius 1 is 1.62 bits per heavy atom. The summed E-state index contributed by atoms with van der Waals surface area (Å²) < 4.78 is 0. The fraction of sp³-hybridized carbons (Fsp3) is 0.500. The van der Waals surface area contributed by atoms with Crippen LogP contribution in [0.2, 0.25) is 0 Å². The van der Waals surface area contributed by atoms with Crippen molar-refractivity contribution < 1.29 is 4.79 Å². The Morgan fingerprint density at radius 2 is 2.38 bits per heavy atom. The Kier molecular flexibility index (Phi) is 5.00. The maximum atomic E-state index is 11.9. The molecule has 0 radical (unpaired) electrons. The van der Waals surface area contributed by atoms with E-state index in [2.05, 4.69) is 11.4 Å². The smallest absolute Gasteiger partial charge is 0.261 e. The van der Waals surface area contributed by atoms with Crippen LogP contribution in [0.4, 0.5) is 0 Å². The van der Waals surface area contributed by atoms with Gasteiger partial charge in [-0.15, -0.1) is 11.3 Å². The molecule has 4 heteroatoms. The van der Waals surface area contributed by atoms with Crippen LogP contribution >= 0.6 is 11.3 Å². The summed E-state index contributed by atoms with van der Waals surface area (Å²) in [5.41, 5.74) is 1.08. The van der Waals surface area contributed by atoms with Crippen molar-refractivity contribution in [1.29, 1.82) is 5.26 Å². The molecule has 1 atom stereocenters. The van der Waals surface area contributed by atoms with Crippen molar-refractivity contribution in [3.63, 3.8) is 0 Å². The van der Waals surface area contributed by atoms with E-state index in [-0.39, 0.29) is 11.9 Å². The number of carbonyl (C=O) groups excluding carboxylic acids is 1. The van der Waals surface area contributed by atoms with Gasteiger partial charge >= 0.3 is 0 Å². The molecule has 0 saturated heterocycles. The van der Waals surface area contributed by atoms with Crippen LogP contribution in [0.15, 0.2) is 11.4 Å². The van der Waals surface area contributed by atoms with Gasteiger partial charge in [-0.3, -0.25) is 4.79 Å². The topological polar surface area (TPSA) is 52.9 Å². The molecule has 1 unspecified atom stereocenters. The molecule has 86 valence electrons. The molecule has 1 heterocycles. The van der Waals surface area contributed by atoms with Gasteiger partial charge < -0.3 is 5.32 Å². The minimum absolute atomic E-state index is 0.0377. The van der Waals surface area contributed by atoms with E-state index < -0.39 is 0 Å². The van der Waals surface area contributed by atoms with Crippen molar-refractivity contribution in [2.75, 3.05) is 0 Å². The minimum atomic E-state index is -0.0473. The van der Waals surface area contributed by atoms with Crippen LogP contribution in [0.1, 0.15) is 41.9 Å². The fourth-order valence-electron chi connectivity index (χ4n) is 1.47. The molecular weight excluding hydrogens is 220 g/mol. The first kappa shape index (κ1) is 12.7. The number of nitriles is 1. The zero-order valence-electron chi connectivity index (χ0n) is 9.62. The molecule has 0 aromatic carbocycles. The number of thiophene rings is 1. The van der Waals surface area contributed by atoms with E-state index in [9.17, 15) is 4.79 Å². The van der Waals surface area contributed by atoms with E-state index in [1.807, 2.05) is 25.3 Å². The summed E-state index contributed by atoms with van der Waals surface area (Å²) in [5, 5.41) is 13.4. The molecule has 1 N–H and O–H groups in total. The van der Waals surface area contributed by atoms with Crippen LogP contribution in [0, 0.1) is 11.3 Å². The average molecular weight is 236 g/mol. The highest BCUT2D eigenvalue weighted by Gasteiger charge is 2.15. The third-order valence-electron chi connectivity index (χ3n) is 2.50. The molecule has 3 nitrogen and oxygen atoms in total. The zero-order chi connectivity index (χ0) is 12.0. The number of hydrogen-bond acceptors (Lipinski definition) is 3. The summed E-state index contributed by atoms with van der Waals surface area (Å²) in [6, 6.07) is 4.03. The van der Waals surface area contributed by atoms with Gasteiger partial charge in [0.1, 0.15) is 0 Å². The SMILES string of the molecule is CCc1ccsc1C(=O)NC(CC)CC#N. The van der Waals surface area contributed by atoms with E-state index >= 15 is 0 Å². The molecule has 16 heavy (non-hydrogen) atoms. The Hall–Kier alpha value is -1.34. The highest BCUT2D eigenvalue weighted by atomic mass is 32.1. The Morgan fingerprint density at radius 3 is 2.94 bits per heavy atom. The lowest BCUT2D eigenvalue weighted by molar-refractivity contribution is 0.0940. The van der Waals surface area contributed by atoms with Gasteiger partial charge in [0.05, 0.1) is 17.4 Å². The van der Waals surface area contributed by atoms with Crippen LogP contribution < -0.4 is 5.32 Å². The number of rotatable bonds is 5. The van der Waals surface area contributed by atoms with Gasteiger partial charge in [-0.1, -0.05) is 13.8 Å². The van der Waals surface area contributed by atoms with Gasteiger partial charge in [0, 0.05) is 6.04 Å². The van der Waals surface area contributed by atoms with E-state index in [1.165, 1.54) is 11.3 Å². The van der Waals surface area contributed by atoms with Crippen molar-refractivity contribution in [3.8, 4) is 6.07 Å². The number of amides is 1. The molecule has 0 aliphatic heterocycles. The van der Waals surface area contributed by atoms with Gasteiger partial charge in [0.15, 0.2) is 0 Å². The van der Waals surface area contributed by atoms with E-state index in [0.717, 1.165) is 23.3 Å². The first-order valence-electron chi connectivity index (χ1n) is 5.47. The molecule has 0 spiro atoms. The highest BCUT2D eigenvalue weighted by molar-refractivity contribution is 7.12. The van der Waals surface area contributed by atoms with E-state index in [0.29, 0.717) is 6.42 Å². The molecule has 0 bridgehead atoms. The lowest BCUT2D eigenvalue weighted by Gasteiger charge is -2.13. The molecule has 1 rings (SSSR count). The largest absolute Gasteiger partial charge is 0.348 e. The second-order valence-electron chi connectivity index (χ2n) is 3.57. The number of carbonyl (C=O) groups is 1. The number of nitrogens with one attached hydrogen (secondary N) is 1. The van der Waals surface area contributed by atoms with Crippen LogP contribution in [0.3, 0.4) is 0 Å². The molecular formula is C12H16N2OS. The predicted octanol–water partition coefficient (Wildman–Crippen LogP) is 2.73. The third-order valence-corrected chi connectivity index (χ3v) is 3.46. The first-order valence-corrected chi connectivity index (χ1v) is 6.35. The standard InChI is InChI=1S/C12H16N2OS/c1-3-9-6-8-16-11(9)12(15)14-10(4-2)5-7-13/h6,8,10H,3-5H2,1-2H3,(H,14,15). The lowest BCUT2D eigenvalue weighted by atomic mass is 10.1. The summed E-state index contributed by atoms with van der Waals surface area (Å²) in [5.74, 6) is -0.0473. The predicted molar refractivity (Wildman–Crippen MR) is 65.5 cm³/mol. The Labute approximate surface area is 100 Å². The second-order valence-corrected chi connectivity index (χ2v) is 4.49. The van der Waals surface area contributed by atoms with E-state index in [4.69, 9.17) is 5.26 Å². The van der Waals surface area contributed by atoms with Gasteiger partial charge in [-0.2, -0.15) is 5.26 Å². The summed E-state index contributed by atoms with van der Waals surface area (Å²) in [6.07, 6.45) is 2.02. The molecule has 1 aromatic heterocycles. The maximum Gasteiger partial charge on any atom is 0.261 e. The van der Waals surface area contributed by atoms with Gasteiger partial charge in [-0.25, -0.2) is 0 Å². The monoisotopic (exact) mass is 236 g/mol. The van der Waals surface area contributed by atoms with Gasteiger partial charge in [0.25, 0.3) is 5.91 Å². The Balaban J connectivity index is 2.68. The molecule has 1 aromatic rings. The number of nitrogens with zero attached hydrogens (tertiary/aromatic N) is 1. The van der Waals surface area contributed by atoms with Crippen molar-refractivity contribution in [2.45, 2.75) is 39.2 Å². The van der Waals surface area contributed by atoms with Crippen molar-refractivity contribution in [1.82, 2.24) is 5.32 Å². The average Bonchev–Trinajstić information content (AvgIpc) is 2.76. The van der Waals surface area contributed by atoms with Crippen molar-refractivity contribution >= 4 is 17.2 Å².